The summed E-state index contributed by atoms with van der Waals surface area (Å²) >= 11 is -1.81. The first-order valence-electron chi connectivity index (χ1n) is 7.82. The van der Waals surface area contributed by atoms with Crippen molar-refractivity contribution in [3.8, 4) is 0 Å². The van der Waals surface area contributed by atoms with Crippen LogP contribution in [0.2, 0.25) is 0 Å². The van der Waals surface area contributed by atoms with Crippen molar-refractivity contribution in [2.24, 2.45) is 5.41 Å². The second-order valence-electron chi connectivity index (χ2n) is 7.06. The van der Waals surface area contributed by atoms with Crippen molar-refractivity contribution < 1.29 is 46.1 Å². The van der Waals surface area contributed by atoms with Crippen molar-refractivity contribution in [1.29, 1.82) is 0 Å². The average Bonchev–Trinajstić information content (AvgIpc) is 2.85. The van der Waals surface area contributed by atoms with Gasteiger partial charge in [-0.3, -0.25) is 0 Å². The average molecular weight is 427 g/mol. The molecular formula is C20H24Cl2Zr. The SMILES string of the molecule is C[C](C)=[Zr+2]([C]1=CCC(C)(C)C=C1)[CH]1C=Cc2ccccc21.[Cl-].[Cl-]. The summed E-state index contributed by atoms with van der Waals surface area (Å²) < 4.78 is 4.06. The van der Waals surface area contributed by atoms with Crippen LogP contribution in [0.25, 0.3) is 6.08 Å². The molecule has 0 aliphatic heterocycles. The topological polar surface area (TPSA) is 0 Å². The minimum Gasteiger partial charge on any atom is -1.00 e. The van der Waals surface area contributed by atoms with Gasteiger partial charge in [0.05, 0.1) is 0 Å². The molecule has 1 atom stereocenters. The van der Waals surface area contributed by atoms with Crippen LogP contribution in [-0.2, 0) is 21.3 Å². The number of allylic oxidation sites excluding steroid dienone is 5. The molecule has 1 aromatic rings. The summed E-state index contributed by atoms with van der Waals surface area (Å²) in [6.45, 7) is 9.37. The van der Waals surface area contributed by atoms with E-state index in [9.17, 15) is 0 Å². The third kappa shape index (κ3) is 4.44. The molecule has 0 bridgehead atoms. The molecule has 122 valence electrons. The predicted molar refractivity (Wildman–Crippen MR) is 90.2 cm³/mol. The number of benzene rings is 1. The molecule has 1 aromatic carbocycles. The molecule has 0 amide bonds. The van der Waals surface area contributed by atoms with E-state index in [1.165, 1.54) is 12.0 Å². The second kappa shape index (κ2) is 8.24. The molecule has 0 heterocycles. The van der Waals surface area contributed by atoms with Crippen molar-refractivity contribution in [1.82, 2.24) is 0 Å². The van der Waals surface area contributed by atoms with Gasteiger partial charge in [0.1, 0.15) is 0 Å². The van der Waals surface area contributed by atoms with Crippen LogP contribution in [0, 0.1) is 5.41 Å². The second-order valence-corrected chi connectivity index (χ2v) is 14.5. The molecule has 23 heavy (non-hydrogen) atoms. The smallest absolute Gasteiger partial charge is 1.00 e. The van der Waals surface area contributed by atoms with Crippen LogP contribution >= 0.6 is 0 Å². The maximum atomic E-state index is 2.54. The predicted octanol–water partition coefficient (Wildman–Crippen LogP) is -0.537. The van der Waals surface area contributed by atoms with Gasteiger partial charge in [0.25, 0.3) is 0 Å². The zero-order chi connectivity index (χ0) is 15.0. The van der Waals surface area contributed by atoms with E-state index in [0.29, 0.717) is 9.04 Å². The molecule has 3 rings (SSSR count). The third-order valence-corrected chi connectivity index (χ3v) is 12.4. The van der Waals surface area contributed by atoms with E-state index in [1.807, 2.05) is 0 Å². The summed E-state index contributed by atoms with van der Waals surface area (Å²) in [4.78, 5) is 0. The monoisotopic (exact) mass is 424 g/mol. The van der Waals surface area contributed by atoms with Crippen molar-refractivity contribution in [3.63, 3.8) is 0 Å². The molecule has 0 fully saturated rings. The summed E-state index contributed by atoms with van der Waals surface area (Å²) in [5.41, 5.74) is 3.33. The molecule has 0 spiro atoms. The maximum absolute atomic E-state index is 2.54. The Hall–Kier alpha value is -0.227. The molecule has 0 saturated heterocycles. The Morgan fingerprint density at radius 1 is 1.09 bits per heavy atom. The minimum absolute atomic E-state index is 0. The Morgan fingerprint density at radius 2 is 1.78 bits per heavy atom. The van der Waals surface area contributed by atoms with Gasteiger partial charge in [-0.05, 0) is 0 Å². The quantitative estimate of drug-likeness (QED) is 0.596. The van der Waals surface area contributed by atoms with Gasteiger partial charge in [-0.15, -0.1) is 0 Å². The third-order valence-electron chi connectivity index (χ3n) is 4.52. The Labute approximate surface area is 160 Å². The Kier molecular flexibility index (Phi) is 7.46. The van der Waals surface area contributed by atoms with E-state index in [1.54, 1.807) is 12.1 Å². The van der Waals surface area contributed by atoms with Gasteiger partial charge in [0.15, 0.2) is 0 Å². The number of hydrogen-bond donors (Lipinski definition) is 0. The fourth-order valence-corrected chi connectivity index (χ4v) is 10.7. The molecule has 2 aliphatic carbocycles. The van der Waals surface area contributed by atoms with Gasteiger partial charge in [0.2, 0.25) is 0 Å². The van der Waals surface area contributed by atoms with Gasteiger partial charge < -0.3 is 24.8 Å². The Balaban J connectivity index is 0.00000132. The van der Waals surface area contributed by atoms with E-state index in [4.69, 9.17) is 0 Å². The zero-order valence-electron chi connectivity index (χ0n) is 14.2. The molecular weight excluding hydrogens is 402 g/mol. The number of rotatable bonds is 2. The minimum atomic E-state index is -1.81. The van der Waals surface area contributed by atoms with Crippen LogP contribution in [0.4, 0.5) is 0 Å². The van der Waals surface area contributed by atoms with E-state index >= 15 is 0 Å². The first-order chi connectivity index (χ1) is 9.98. The maximum Gasteiger partial charge on any atom is -1.00 e. The molecule has 3 heteroatoms. The summed E-state index contributed by atoms with van der Waals surface area (Å²) in [7, 11) is 0. The molecule has 0 aromatic heterocycles. The van der Waals surface area contributed by atoms with E-state index in [-0.39, 0.29) is 24.8 Å². The van der Waals surface area contributed by atoms with Crippen LogP contribution in [-0.4, -0.2) is 3.21 Å². The van der Waals surface area contributed by atoms with Crippen molar-refractivity contribution in [3.05, 3.63) is 63.0 Å². The molecule has 0 nitrogen and oxygen atoms in total. The van der Waals surface area contributed by atoms with Crippen LogP contribution in [0.3, 0.4) is 0 Å². The summed E-state index contributed by atoms with van der Waals surface area (Å²) in [5, 5.41) is 0. The molecule has 0 saturated carbocycles. The van der Waals surface area contributed by atoms with Crippen molar-refractivity contribution in [2.75, 3.05) is 0 Å². The van der Waals surface area contributed by atoms with E-state index in [2.05, 4.69) is 82.3 Å². The van der Waals surface area contributed by atoms with Crippen LogP contribution in [0.15, 0.2) is 51.9 Å². The van der Waals surface area contributed by atoms with Gasteiger partial charge in [-0.1, -0.05) is 0 Å². The number of halogens is 2. The molecule has 2 aliphatic rings. The fraction of sp³-hybridized carbons (Fsp3) is 0.350. The summed E-state index contributed by atoms with van der Waals surface area (Å²) in [5.74, 6) is 0. The molecule has 0 N–H and O–H groups in total. The van der Waals surface area contributed by atoms with Crippen molar-refractivity contribution >= 4 is 9.28 Å². The first-order valence-corrected chi connectivity index (χ1v) is 11.7. The summed E-state index contributed by atoms with van der Waals surface area (Å²) in [6.07, 6.45) is 13.4. The summed E-state index contributed by atoms with van der Waals surface area (Å²) in [6, 6.07) is 8.94. The van der Waals surface area contributed by atoms with Crippen LogP contribution < -0.4 is 24.8 Å². The van der Waals surface area contributed by atoms with Crippen LogP contribution in [0.1, 0.15) is 48.9 Å². The standard InChI is InChI=1S/C9H7.C8H11.C3H6.2ClH.Zr/c1-2-5-9-7-3-6-8(9)4-1;1-8(2)6-4-3-5-7-8;1-3-2;;;/h1-7H;4-6H,7H2,1-2H3;1-2H3;2*1H;/q;;;;;+2/p-2. The van der Waals surface area contributed by atoms with Gasteiger partial charge in [-0.25, -0.2) is 0 Å². The zero-order valence-corrected chi connectivity index (χ0v) is 18.2. The first kappa shape index (κ1) is 20.8. The normalized spacial score (nSPS) is 19.6. The fourth-order valence-electron chi connectivity index (χ4n) is 3.30. The van der Waals surface area contributed by atoms with Gasteiger partial charge >= 0.3 is 137 Å². The Morgan fingerprint density at radius 3 is 2.39 bits per heavy atom. The van der Waals surface area contributed by atoms with Gasteiger partial charge in [0, 0.05) is 0 Å². The van der Waals surface area contributed by atoms with E-state index in [0.717, 1.165) is 0 Å². The van der Waals surface area contributed by atoms with Crippen LogP contribution in [0.5, 0.6) is 0 Å². The molecule has 1 unspecified atom stereocenters. The van der Waals surface area contributed by atoms with Gasteiger partial charge in [-0.2, -0.15) is 0 Å². The molecule has 0 radical (unpaired) electrons. The Bertz CT molecular complexity index is 689. The number of hydrogen-bond acceptors (Lipinski definition) is 0. The van der Waals surface area contributed by atoms with Crippen molar-refractivity contribution in [2.45, 2.75) is 37.7 Å². The van der Waals surface area contributed by atoms with E-state index < -0.39 is 21.3 Å². The number of fused-ring (bicyclic) bond motifs is 1. The largest absolute Gasteiger partial charge is 1.00 e.